The second kappa shape index (κ2) is 9.04. The first kappa shape index (κ1) is 21.9. The lowest BCUT2D eigenvalue weighted by Crippen LogP contribution is -2.56. The standard InChI is InChI=1S/C22H29ClN4O4/c1-16(27-20(29)22(24-21(27)30)8-4-5-9-22)19(28)26-12-10-25(11-13-26)14-15-31-18-7-3-2-6-17(18)23/h2-3,6-7,16H,4-5,8-15H2,1H3,(H,24,30). The molecule has 1 aromatic carbocycles. The number of rotatable bonds is 6. The van der Waals surface area contributed by atoms with Crippen LogP contribution in [-0.4, -0.2) is 83.5 Å². The summed E-state index contributed by atoms with van der Waals surface area (Å²) in [5.74, 6) is 0.247. The van der Waals surface area contributed by atoms with E-state index in [0.29, 0.717) is 56.4 Å². The van der Waals surface area contributed by atoms with Gasteiger partial charge in [0.15, 0.2) is 0 Å². The highest BCUT2D eigenvalue weighted by atomic mass is 35.5. The van der Waals surface area contributed by atoms with Gasteiger partial charge in [-0.05, 0) is 31.9 Å². The van der Waals surface area contributed by atoms with Crippen LogP contribution in [0, 0.1) is 0 Å². The third-order valence-corrected chi connectivity index (χ3v) is 6.89. The van der Waals surface area contributed by atoms with E-state index >= 15 is 0 Å². The number of imide groups is 1. The topological polar surface area (TPSA) is 82.2 Å². The highest BCUT2D eigenvalue weighted by Gasteiger charge is 2.54. The van der Waals surface area contributed by atoms with Gasteiger partial charge in [0.2, 0.25) is 5.91 Å². The van der Waals surface area contributed by atoms with Gasteiger partial charge in [0, 0.05) is 32.7 Å². The summed E-state index contributed by atoms with van der Waals surface area (Å²) in [5.41, 5.74) is -0.786. The number of ether oxygens (including phenoxy) is 1. The van der Waals surface area contributed by atoms with Crippen LogP contribution in [0.15, 0.2) is 24.3 Å². The van der Waals surface area contributed by atoms with E-state index in [9.17, 15) is 14.4 Å². The Balaban J connectivity index is 1.26. The van der Waals surface area contributed by atoms with Gasteiger partial charge < -0.3 is 15.0 Å². The molecule has 4 amide bonds. The molecule has 4 rings (SSSR count). The number of halogens is 1. The molecule has 1 atom stereocenters. The van der Waals surface area contributed by atoms with Crippen molar-refractivity contribution in [2.75, 3.05) is 39.3 Å². The summed E-state index contributed by atoms with van der Waals surface area (Å²) < 4.78 is 5.75. The second-order valence-electron chi connectivity index (χ2n) is 8.52. The van der Waals surface area contributed by atoms with E-state index in [1.807, 2.05) is 18.2 Å². The Hall–Kier alpha value is -2.32. The summed E-state index contributed by atoms with van der Waals surface area (Å²) in [6, 6.07) is 6.14. The molecule has 8 nitrogen and oxygen atoms in total. The number of carbonyl (C=O) groups is 3. The van der Waals surface area contributed by atoms with E-state index in [4.69, 9.17) is 16.3 Å². The van der Waals surface area contributed by atoms with Crippen molar-refractivity contribution in [3.63, 3.8) is 0 Å². The van der Waals surface area contributed by atoms with Crippen molar-refractivity contribution in [1.29, 1.82) is 0 Å². The van der Waals surface area contributed by atoms with Crippen LogP contribution < -0.4 is 10.1 Å². The van der Waals surface area contributed by atoms with Crippen LogP contribution in [0.4, 0.5) is 4.79 Å². The molecule has 0 aromatic heterocycles. The van der Waals surface area contributed by atoms with Crippen molar-refractivity contribution < 1.29 is 19.1 Å². The normalized spacial score (nSPS) is 22.1. The van der Waals surface area contributed by atoms with Gasteiger partial charge in [-0.3, -0.25) is 14.5 Å². The minimum atomic E-state index is -0.789. The van der Waals surface area contributed by atoms with E-state index in [0.717, 1.165) is 24.3 Å². The highest BCUT2D eigenvalue weighted by molar-refractivity contribution is 6.32. The lowest BCUT2D eigenvalue weighted by molar-refractivity contribution is -0.143. The van der Waals surface area contributed by atoms with Crippen LogP contribution >= 0.6 is 11.6 Å². The Bertz CT molecular complexity index is 850. The molecule has 0 radical (unpaired) electrons. The van der Waals surface area contributed by atoms with E-state index in [2.05, 4.69) is 10.2 Å². The number of amides is 4. The zero-order valence-corrected chi connectivity index (χ0v) is 18.6. The molecular weight excluding hydrogens is 420 g/mol. The summed E-state index contributed by atoms with van der Waals surface area (Å²) in [7, 11) is 0. The number of carbonyl (C=O) groups excluding carboxylic acids is 3. The van der Waals surface area contributed by atoms with Crippen molar-refractivity contribution in [3.05, 3.63) is 29.3 Å². The molecule has 3 fully saturated rings. The average Bonchev–Trinajstić information content (AvgIpc) is 3.33. The van der Waals surface area contributed by atoms with Crippen LogP contribution in [0.3, 0.4) is 0 Å². The Morgan fingerprint density at radius 1 is 1.16 bits per heavy atom. The van der Waals surface area contributed by atoms with Crippen LogP contribution in [0.2, 0.25) is 5.02 Å². The largest absolute Gasteiger partial charge is 0.491 e. The van der Waals surface area contributed by atoms with Crippen LogP contribution in [0.5, 0.6) is 5.75 Å². The molecule has 1 aliphatic carbocycles. The Morgan fingerprint density at radius 2 is 1.84 bits per heavy atom. The first-order valence-corrected chi connectivity index (χ1v) is 11.3. The minimum Gasteiger partial charge on any atom is -0.491 e. The number of benzene rings is 1. The third-order valence-electron chi connectivity index (χ3n) is 6.58. The third kappa shape index (κ3) is 4.36. The fourth-order valence-corrected chi connectivity index (χ4v) is 4.91. The van der Waals surface area contributed by atoms with Gasteiger partial charge in [-0.2, -0.15) is 0 Å². The maximum atomic E-state index is 13.0. The molecule has 168 valence electrons. The number of hydrogen-bond donors (Lipinski definition) is 1. The Labute approximate surface area is 187 Å². The minimum absolute atomic E-state index is 0.175. The molecule has 2 heterocycles. The van der Waals surface area contributed by atoms with Gasteiger partial charge in [0.25, 0.3) is 5.91 Å². The SMILES string of the molecule is CC(C(=O)N1CCN(CCOc2ccccc2Cl)CC1)N1C(=O)NC2(CCCC2)C1=O. The van der Waals surface area contributed by atoms with Crippen molar-refractivity contribution in [1.82, 2.24) is 20.0 Å². The maximum absolute atomic E-state index is 13.0. The van der Waals surface area contributed by atoms with Crippen molar-refractivity contribution in [2.45, 2.75) is 44.2 Å². The lowest BCUT2D eigenvalue weighted by Gasteiger charge is -2.37. The zero-order chi connectivity index (χ0) is 22.0. The molecule has 0 bridgehead atoms. The molecule has 1 aromatic rings. The number of nitrogens with zero attached hydrogens (tertiary/aromatic N) is 3. The second-order valence-corrected chi connectivity index (χ2v) is 8.92. The van der Waals surface area contributed by atoms with Crippen LogP contribution in [-0.2, 0) is 9.59 Å². The van der Waals surface area contributed by atoms with E-state index < -0.39 is 17.6 Å². The summed E-state index contributed by atoms with van der Waals surface area (Å²) in [6.07, 6.45) is 3.16. The lowest BCUT2D eigenvalue weighted by atomic mass is 9.97. The van der Waals surface area contributed by atoms with Crippen LogP contribution in [0.1, 0.15) is 32.6 Å². The molecule has 1 saturated carbocycles. The van der Waals surface area contributed by atoms with Gasteiger partial charge in [0.05, 0.1) is 5.02 Å². The highest BCUT2D eigenvalue weighted by Crippen LogP contribution is 2.36. The molecule has 31 heavy (non-hydrogen) atoms. The summed E-state index contributed by atoms with van der Waals surface area (Å²) in [5, 5.41) is 3.44. The van der Waals surface area contributed by atoms with Crippen LogP contribution in [0.25, 0.3) is 0 Å². The van der Waals surface area contributed by atoms with E-state index in [1.165, 1.54) is 0 Å². The smallest absolute Gasteiger partial charge is 0.325 e. The number of para-hydroxylation sites is 1. The zero-order valence-electron chi connectivity index (χ0n) is 17.8. The van der Waals surface area contributed by atoms with E-state index in [1.54, 1.807) is 17.9 Å². The van der Waals surface area contributed by atoms with Crippen molar-refractivity contribution in [2.24, 2.45) is 0 Å². The molecule has 1 unspecified atom stereocenters. The number of urea groups is 1. The van der Waals surface area contributed by atoms with Gasteiger partial charge in [-0.25, -0.2) is 9.69 Å². The monoisotopic (exact) mass is 448 g/mol. The first-order chi connectivity index (χ1) is 14.9. The van der Waals surface area contributed by atoms with Crippen molar-refractivity contribution in [3.8, 4) is 5.75 Å². The van der Waals surface area contributed by atoms with Gasteiger partial charge in [0.1, 0.15) is 23.9 Å². The fraction of sp³-hybridized carbons (Fsp3) is 0.591. The average molecular weight is 449 g/mol. The quantitative estimate of drug-likeness (QED) is 0.674. The maximum Gasteiger partial charge on any atom is 0.325 e. The molecule has 3 aliphatic rings. The molecule has 9 heteroatoms. The fourth-order valence-electron chi connectivity index (χ4n) is 4.72. The summed E-state index contributed by atoms with van der Waals surface area (Å²) in [6.45, 7) is 5.45. The summed E-state index contributed by atoms with van der Waals surface area (Å²) >= 11 is 6.10. The predicted octanol–water partition coefficient (Wildman–Crippen LogP) is 2.12. The Kier molecular flexibility index (Phi) is 6.39. The number of piperazine rings is 1. The van der Waals surface area contributed by atoms with Gasteiger partial charge >= 0.3 is 6.03 Å². The summed E-state index contributed by atoms with van der Waals surface area (Å²) in [4.78, 5) is 43.5. The first-order valence-electron chi connectivity index (χ1n) is 11.0. The number of hydrogen-bond acceptors (Lipinski definition) is 5. The van der Waals surface area contributed by atoms with Gasteiger partial charge in [-0.15, -0.1) is 0 Å². The number of nitrogens with one attached hydrogen (secondary N) is 1. The molecule has 2 saturated heterocycles. The van der Waals surface area contributed by atoms with E-state index in [-0.39, 0.29) is 11.8 Å². The van der Waals surface area contributed by atoms with Crippen molar-refractivity contribution >= 4 is 29.4 Å². The molecule has 1 N–H and O–H groups in total. The molecular formula is C22H29ClN4O4. The molecule has 2 aliphatic heterocycles. The molecule has 1 spiro atoms. The van der Waals surface area contributed by atoms with Gasteiger partial charge in [-0.1, -0.05) is 36.6 Å². The predicted molar refractivity (Wildman–Crippen MR) is 116 cm³/mol. The Morgan fingerprint density at radius 3 is 2.52 bits per heavy atom.